The van der Waals surface area contributed by atoms with Crippen LogP contribution in [0.4, 0.5) is 0 Å². The van der Waals surface area contributed by atoms with Crippen LogP contribution in [0, 0.1) is 6.92 Å². The smallest absolute Gasteiger partial charge is 0.199 e. The van der Waals surface area contributed by atoms with Crippen LogP contribution in [-0.2, 0) is 0 Å². The highest BCUT2D eigenvalue weighted by atomic mass is 35.5. The number of methoxy groups -OCH3 is 1. The predicted molar refractivity (Wildman–Crippen MR) is 87.1 cm³/mol. The molecule has 0 aliphatic heterocycles. The molecule has 2 aromatic rings. The molecule has 0 spiro atoms. The second-order valence-electron chi connectivity index (χ2n) is 4.53. The first-order valence-corrected chi connectivity index (χ1v) is 7.10. The summed E-state index contributed by atoms with van der Waals surface area (Å²) in [5, 5.41) is 0. The third-order valence-corrected chi connectivity index (χ3v) is 3.49. The number of ether oxygens (including phenoxy) is 1. The molecule has 2 rings (SSSR count). The molecule has 0 aliphatic carbocycles. The maximum atomic E-state index is 12.7. The van der Waals surface area contributed by atoms with Gasteiger partial charge in [0.1, 0.15) is 10.2 Å². The van der Waals surface area contributed by atoms with Gasteiger partial charge in [-0.25, -0.2) is 0 Å². The van der Waals surface area contributed by atoms with Crippen LogP contribution >= 0.6 is 23.2 Å². The Morgan fingerprint density at radius 3 is 2.19 bits per heavy atom. The summed E-state index contributed by atoms with van der Waals surface area (Å²) in [6.45, 7) is 1.97. The summed E-state index contributed by atoms with van der Waals surface area (Å²) >= 11 is 11.9. The number of allylic oxidation sites excluding steroid dienone is 1. The molecule has 21 heavy (non-hydrogen) atoms. The molecule has 0 saturated carbocycles. The fourth-order valence-corrected chi connectivity index (χ4v) is 2.40. The molecular formula is C17H14Cl2O2. The summed E-state index contributed by atoms with van der Waals surface area (Å²) in [5.74, 6) is 0.220. The minimum absolute atomic E-state index is 0.0604. The maximum absolute atomic E-state index is 12.7. The molecule has 2 aromatic carbocycles. The van der Waals surface area contributed by atoms with E-state index in [1.807, 2.05) is 31.2 Å². The van der Waals surface area contributed by atoms with Crippen LogP contribution in [0.3, 0.4) is 0 Å². The SMILES string of the molecule is COc1ccccc1C(=O)C(=C(Cl)Cl)c1ccc(C)cc1. The van der Waals surface area contributed by atoms with Crippen molar-refractivity contribution in [1.82, 2.24) is 0 Å². The quantitative estimate of drug-likeness (QED) is 0.583. The average molecular weight is 321 g/mol. The summed E-state index contributed by atoms with van der Waals surface area (Å²) in [6.07, 6.45) is 0. The number of carbonyl (C=O) groups is 1. The van der Waals surface area contributed by atoms with Gasteiger partial charge in [-0.3, -0.25) is 4.79 Å². The number of aryl methyl sites for hydroxylation is 1. The Kier molecular flexibility index (Phi) is 5.05. The molecule has 4 heteroatoms. The second-order valence-corrected chi connectivity index (χ2v) is 5.48. The van der Waals surface area contributed by atoms with Crippen molar-refractivity contribution in [3.8, 4) is 5.75 Å². The highest BCUT2D eigenvalue weighted by Crippen LogP contribution is 2.31. The molecule has 0 heterocycles. The van der Waals surface area contributed by atoms with Gasteiger partial charge >= 0.3 is 0 Å². The predicted octanol–water partition coefficient (Wildman–Crippen LogP) is 5.03. The number of Topliss-reactive ketones (excluding diaryl/α,β-unsaturated/α-hetero) is 1. The molecule has 0 unspecified atom stereocenters. The van der Waals surface area contributed by atoms with Crippen LogP contribution in [0.1, 0.15) is 21.5 Å². The number of para-hydroxylation sites is 1. The van der Waals surface area contributed by atoms with E-state index in [1.54, 1.807) is 24.3 Å². The van der Waals surface area contributed by atoms with Gasteiger partial charge in [0.05, 0.1) is 18.2 Å². The molecule has 0 radical (unpaired) electrons. The van der Waals surface area contributed by atoms with Gasteiger partial charge in [-0.05, 0) is 24.6 Å². The fraction of sp³-hybridized carbons (Fsp3) is 0.118. The summed E-state index contributed by atoms with van der Waals surface area (Å²) in [4.78, 5) is 12.7. The van der Waals surface area contributed by atoms with Crippen LogP contribution < -0.4 is 4.74 Å². The number of hydrogen-bond acceptors (Lipinski definition) is 2. The Morgan fingerprint density at radius 2 is 1.62 bits per heavy atom. The monoisotopic (exact) mass is 320 g/mol. The topological polar surface area (TPSA) is 26.3 Å². The van der Waals surface area contributed by atoms with Crippen molar-refractivity contribution < 1.29 is 9.53 Å². The number of hydrogen-bond donors (Lipinski definition) is 0. The fourth-order valence-electron chi connectivity index (χ4n) is 2.01. The van der Waals surface area contributed by atoms with E-state index in [9.17, 15) is 4.79 Å². The zero-order chi connectivity index (χ0) is 15.4. The molecule has 0 aliphatic rings. The van der Waals surface area contributed by atoms with Crippen LogP contribution in [-0.4, -0.2) is 12.9 Å². The molecule has 0 atom stereocenters. The summed E-state index contributed by atoms with van der Waals surface area (Å²) < 4.78 is 5.16. The number of benzene rings is 2. The third kappa shape index (κ3) is 3.46. The largest absolute Gasteiger partial charge is 0.496 e. The summed E-state index contributed by atoms with van der Waals surface area (Å²) in [6, 6.07) is 14.4. The van der Waals surface area contributed by atoms with Gasteiger partial charge in [0.2, 0.25) is 0 Å². The normalized spacial score (nSPS) is 10.1. The van der Waals surface area contributed by atoms with Crippen molar-refractivity contribution in [3.05, 3.63) is 69.7 Å². The van der Waals surface area contributed by atoms with E-state index in [0.717, 1.165) is 5.56 Å². The summed E-state index contributed by atoms with van der Waals surface area (Å²) in [5.41, 5.74) is 2.46. The average Bonchev–Trinajstić information content (AvgIpc) is 2.49. The Balaban J connectivity index is 2.52. The lowest BCUT2D eigenvalue weighted by atomic mass is 9.97. The Bertz CT molecular complexity index is 684. The lowest BCUT2D eigenvalue weighted by Gasteiger charge is -2.11. The molecule has 108 valence electrons. The van der Waals surface area contributed by atoms with E-state index in [2.05, 4.69) is 0 Å². The van der Waals surface area contributed by atoms with Crippen LogP contribution in [0.15, 0.2) is 53.0 Å². The van der Waals surface area contributed by atoms with Gasteiger partial charge in [-0.1, -0.05) is 65.2 Å². The van der Waals surface area contributed by atoms with E-state index in [0.29, 0.717) is 16.9 Å². The molecule has 0 bridgehead atoms. The molecule has 0 fully saturated rings. The standard InChI is InChI=1S/C17H14Cl2O2/c1-11-7-9-12(10-8-11)15(17(18)19)16(20)13-5-3-4-6-14(13)21-2/h3-10H,1-2H3. The lowest BCUT2D eigenvalue weighted by molar-refractivity contribution is 0.105. The van der Waals surface area contributed by atoms with Crippen LogP contribution in [0.5, 0.6) is 5.75 Å². The van der Waals surface area contributed by atoms with Crippen molar-refractivity contribution in [2.45, 2.75) is 6.92 Å². The minimum Gasteiger partial charge on any atom is -0.496 e. The third-order valence-electron chi connectivity index (χ3n) is 3.11. The molecule has 0 saturated heterocycles. The highest BCUT2D eigenvalue weighted by Gasteiger charge is 2.20. The number of rotatable bonds is 4. The minimum atomic E-state index is -0.267. The first kappa shape index (κ1) is 15.6. The van der Waals surface area contributed by atoms with Gasteiger partial charge in [-0.15, -0.1) is 0 Å². The highest BCUT2D eigenvalue weighted by molar-refractivity contribution is 6.62. The molecule has 0 aromatic heterocycles. The van der Waals surface area contributed by atoms with E-state index in [4.69, 9.17) is 27.9 Å². The second kappa shape index (κ2) is 6.79. The number of ketones is 1. The van der Waals surface area contributed by atoms with E-state index < -0.39 is 0 Å². The first-order valence-electron chi connectivity index (χ1n) is 6.34. The number of halogens is 2. The van der Waals surface area contributed by atoms with E-state index in [-0.39, 0.29) is 15.8 Å². The Hall–Kier alpha value is -1.77. The van der Waals surface area contributed by atoms with Crippen molar-refractivity contribution in [1.29, 1.82) is 0 Å². The Labute approximate surface area is 134 Å². The van der Waals surface area contributed by atoms with Crippen molar-refractivity contribution in [2.75, 3.05) is 7.11 Å². The maximum Gasteiger partial charge on any atom is 0.199 e. The molecule has 0 amide bonds. The van der Waals surface area contributed by atoms with Crippen molar-refractivity contribution in [2.24, 2.45) is 0 Å². The van der Waals surface area contributed by atoms with Crippen molar-refractivity contribution >= 4 is 34.6 Å². The van der Waals surface area contributed by atoms with Gasteiger partial charge < -0.3 is 4.74 Å². The zero-order valence-electron chi connectivity index (χ0n) is 11.7. The van der Waals surface area contributed by atoms with Gasteiger partial charge in [0, 0.05) is 0 Å². The first-order chi connectivity index (χ1) is 10.0. The van der Waals surface area contributed by atoms with Gasteiger partial charge in [0.25, 0.3) is 0 Å². The van der Waals surface area contributed by atoms with Crippen LogP contribution in [0.2, 0.25) is 0 Å². The molecular weight excluding hydrogens is 307 g/mol. The van der Waals surface area contributed by atoms with Crippen molar-refractivity contribution in [3.63, 3.8) is 0 Å². The van der Waals surface area contributed by atoms with E-state index in [1.165, 1.54) is 7.11 Å². The Morgan fingerprint density at radius 1 is 1.00 bits per heavy atom. The number of carbonyl (C=O) groups excluding carboxylic acids is 1. The lowest BCUT2D eigenvalue weighted by Crippen LogP contribution is -2.05. The zero-order valence-corrected chi connectivity index (χ0v) is 13.2. The molecule has 0 N–H and O–H groups in total. The van der Waals surface area contributed by atoms with Gasteiger partial charge in [-0.2, -0.15) is 0 Å². The van der Waals surface area contributed by atoms with Gasteiger partial charge in [0.15, 0.2) is 5.78 Å². The van der Waals surface area contributed by atoms with E-state index >= 15 is 0 Å². The van der Waals surface area contributed by atoms with Crippen LogP contribution in [0.25, 0.3) is 5.57 Å². The summed E-state index contributed by atoms with van der Waals surface area (Å²) in [7, 11) is 1.52. The molecule has 2 nitrogen and oxygen atoms in total.